The van der Waals surface area contributed by atoms with Crippen molar-refractivity contribution >= 4 is 41.8 Å². The molecule has 64 valence electrons. The number of carbonyl (C=O) groups is 1. The van der Waals surface area contributed by atoms with Crippen LogP contribution in [0.4, 0.5) is 0 Å². The van der Waals surface area contributed by atoms with E-state index in [1.165, 1.54) is 0 Å². The van der Waals surface area contributed by atoms with Crippen molar-refractivity contribution in [2.45, 2.75) is 0 Å². The molecule has 0 N–H and O–H groups in total. The predicted molar refractivity (Wildman–Crippen MR) is 60.8 cm³/mol. The highest BCUT2D eigenvalue weighted by atomic mass is 127. The zero-order valence-corrected chi connectivity index (χ0v) is 9.02. The highest BCUT2D eigenvalue weighted by molar-refractivity contribution is 14.1. The van der Waals surface area contributed by atoms with E-state index >= 15 is 0 Å². The lowest BCUT2D eigenvalue weighted by Gasteiger charge is -1.98. The van der Waals surface area contributed by atoms with Gasteiger partial charge < -0.3 is 0 Å². The molecule has 0 aromatic heterocycles. The van der Waals surface area contributed by atoms with Gasteiger partial charge in [-0.25, -0.2) is 0 Å². The van der Waals surface area contributed by atoms with Gasteiger partial charge in [0.2, 0.25) is 5.91 Å². The molecule has 0 bridgehead atoms. The largest absolute Gasteiger partial charge is 0.287 e. The van der Waals surface area contributed by atoms with E-state index in [0.29, 0.717) is 5.56 Å². The van der Waals surface area contributed by atoms with E-state index in [9.17, 15) is 4.79 Å². The molecule has 1 aromatic rings. The third kappa shape index (κ3) is 2.75. The Morgan fingerprint density at radius 1 is 1.54 bits per heavy atom. The molecule has 13 heavy (non-hydrogen) atoms. The quantitative estimate of drug-likeness (QED) is 0.249. The second-order valence-electron chi connectivity index (χ2n) is 2.51. The van der Waals surface area contributed by atoms with Crippen LogP contribution in [-0.4, -0.2) is 13.8 Å². The molecule has 0 saturated carbocycles. The summed E-state index contributed by atoms with van der Waals surface area (Å²) in [5.74, 6) is -0.538. The van der Waals surface area contributed by atoms with Crippen LogP contribution in [0.2, 0.25) is 0 Å². The maximum Gasteiger partial charge on any atom is 0.249 e. The van der Waals surface area contributed by atoms with Gasteiger partial charge in [-0.1, -0.05) is 17.6 Å². The summed E-state index contributed by atoms with van der Waals surface area (Å²) in [5, 5.41) is 3.02. The summed E-state index contributed by atoms with van der Waals surface area (Å²) in [4.78, 5) is 13.6. The van der Waals surface area contributed by atoms with E-state index in [2.05, 4.69) is 32.6 Å². The molecule has 1 amide bonds. The fourth-order valence-corrected chi connectivity index (χ4v) is 1.78. The van der Waals surface area contributed by atoms with Crippen LogP contribution in [0, 0.1) is 3.57 Å². The molecular weight excluding hydrogens is 280 g/mol. The minimum Gasteiger partial charge on any atom is -0.287 e. The number of rotatable bonds is 1. The van der Waals surface area contributed by atoms with E-state index in [-0.39, 0.29) is 0 Å². The van der Waals surface area contributed by atoms with Crippen LogP contribution in [-0.2, 0) is 0 Å². The Morgan fingerprint density at radius 3 is 2.77 bits per heavy atom. The van der Waals surface area contributed by atoms with E-state index in [1.54, 1.807) is 12.1 Å². The van der Waals surface area contributed by atoms with Crippen molar-refractivity contribution in [1.29, 1.82) is 0 Å². The van der Waals surface area contributed by atoms with Gasteiger partial charge in [-0.2, -0.15) is 0 Å². The van der Waals surface area contributed by atoms with E-state index < -0.39 is 5.91 Å². The van der Waals surface area contributed by atoms with E-state index in [4.69, 9.17) is 5.53 Å². The molecule has 0 unspecified atom stereocenters. The van der Waals surface area contributed by atoms with Crippen molar-refractivity contribution in [2.75, 3.05) is 0 Å². The number of halogens is 1. The number of amides is 1. The number of nitrogens with zero attached hydrogens (tertiary/aromatic N) is 3. The van der Waals surface area contributed by atoms with Crippen LogP contribution < -0.4 is 5.46 Å². The molecule has 0 spiro atoms. The van der Waals surface area contributed by atoms with Crippen LogP contribution in [0.1, 0.15) is 10.4 Å². The lowest BCUT2D eigenvalue weighted by atomic mass is 9.94. The van der Waals surface area contributed by atoms with Crippen molar-refractivity contribution in [3.05, 3.63) is 37.8 Å². The molecule has 0 heterocycles. The molecule has 1 aromatic carbocycles. The van der Waals surface area contributed by atoms with Crippen molar-refractivity contribution in [3.8, 4) is 0 Å². The Labute approximate surface area is 89.5 Å². The normalized spacial score (nSPS) is 9.00. The molecule has 0 aliphatic heterocycles. The lowest BCUT2D eigenvalue weighted by Crippen LogP contribution is -2.06. The number of hydrogen-bond donors (Lipinski definition) is 0. The van der Waals surface area contributed by atoms with Crippen LogP contribution in [0.15, 0.2) is 23.3 Å². The van der Waals surface area contributed by atoms with E-state index in [1.807, 2.05) is 13.9 Å². The first-order valence-corrected chi connectivity index (χ1v) is 4.58. The molecule has 0 fully saturated rings. The Bertz CT molecular complexity index is 380. The zero-order chi connectivity index (χ0) is 9.84. The second kappa shape index (κ2) is 4.29. The van der Waals surface area contributed by atoms with Gasteiger partial charge in [0.25, 0.3) is 0 Å². The smallest absolute Gasteiger partial charge is 0.249 e. The average molecular weight is 285 g/mol. The Morgan fingerprint density at radius 2 is 2.23 bits per heavy atom. The molecule has 0 radical (unpaired) electrons. The number of azide groups is 1. The number of carbonyl (C=O) groups excluding carboxylic acids is 1. The first kappa shape index (κ1) is 10.1. The highest BCUT2D eigenvalue weighted by Crippen LogP contribution is 2.07. The van der Waals surface area contributed by atoms with Gasteiger partial charge in [-0.15, -0.1) is 0 Å². The third-order valence-corrected chi connectivity index (χ3v) is 2.05. The van der Waals surface area contributed by atoms with Crippen LogP contribution in [0.5, 0.6) is 0 Å². The molecular formula is C7H5BIN3O. The molecule has 0 aliphatic rings. The molecule has 0 aliphatic carbocycles. The minimum absolute atomic E-state index is 0.433. The monoisotopic (exact) mass is 285 g/mol. The molecule has 0 saturated heterocycles. The maximum atomic E-state index is 11.1. The van der Waals surface area contributed by atoms with Crippen LogP contribution in [0.25, 0.3) is 10.4 Å². The first-order valence-electron chi connectivity index (χ1n) is 3.50. The van der Waals surface area contributed by atoms with Gasteiger partial charge in [-0.05, 0) is 39.3 Å². The van der Waals surface area contributed by atoms with Crippen molar-refractivity contribution in [3.63, 3.8) is 0 Å². The SMILES string of the molecule is Bc1cc(I)cc(C(=O)N=[N+]=[N-])c1. The summed E-state index contributed by atoms with van der Waals surface area (Å²) < 4.78 is 0.953. The van der Waals surface area contributed by atoms with E-state index in [0.717, 1.165) is 9.03 Å². The third-order valence-electron chi connectivity index (χ3n) is 1.42. The molecule has 1 rings (SSSR count). The molecule has 4 nitrogen and oxygen atoms in total. The summed E-state index contributed by atoms with van der Waals surface area (Å²) in [6, 6.07) is 5.32. The predicted octanol–water partition coefficient (Wildman–Crippen LogP) is 1.00. The van der Waals surface area contributed by atoms with Gasteiger partial charge in [0.1, 0.15) is 7.85 Å². The van der Waals surface area contributed by atoms with Crippen LogP contribution >= 0.6 is 22.6 Å². The fraction of sp³-hybridized carbons (Fsp3) is 0. The lowest BCUT2D eigenvalue weighted by molar-refractivity contribution is 0.100. The Kier molecular flexibility index (Phi) is 3.33. The Balaban J connectivity index is 3.15. The van der Waals surface area contributed by atoms with Gasteiger partial charge >= 0.3 is 0 Å². The maximum absolute atomic E-state index is 11.1. The van der Waals surface area contributed by atoms with Gasteiger partial charge in [0.15, 0.2) is 0 Å². The van der Waals surface area contributed by atoms with Gasteiger partial charge in [0.05, 0.1) is 0 Å². The molecule has 6 heteroatoms. The highest BCUT2D eigenvalue weighted by Gasteiger charge is 2.03. The van der Waals surface area contributed by atoms with Crippen molar-refractivity contribution in [2.24, 2.45) is 5.11 Å². The number of hydrogen-bond acceptors (Lipinski definition) is 1. The minimum atomic E-state index is -0.538. The van der Waals surface area contributed by atoms with Crippen molar-refractivity contribution < 1.29 is 4.79 Å². The van der Waals surface area contributed by atoms with Gasteiger partial charge in [0, 0.05) is 14.0 Å². The first-order chi connectivity index (χ1) is 6.13. The zero-order valence-electron chi connectivity index (χ0n) is 6.86. The van der Waals surface area contributed by atoms with Crippen LogP contribution in [0.3, 0.4) is 0 Å². The summed E-state index contributed by atoms with van der Waals surface area (Å²) in [6.07, 6.45) is 0. The second-order valence-corrected chi connectivity index (χ2v) is 3.76. The number of benzene rings is 1. The summed E-state index contributed by atoms with van der Waals surface area (Å²) >= 11 is 2.11. The topological polar surface area (TPSA) is 65.8 Å². The average Bonchev–Trinajstić information content (AvgIpc) is 2.03. The Hall–Kier alpha value is -1.01. The molecule has 0 atom stereocenters. The standard InChI is InChI=1S/C7H5BIN3O/c8-5-1-4(2-6(9)3-5)7(13)11-12-10/h1-3H,8H2. The summed E-state index contributed by atoms with van der Waals surface area (Å²) in [6.45, 7) is 0. The summed E-state index contributed by atoms with van der Waals surface area (Å²) in [5.41, 5.74) is 9.48. The fourth-order valence-electron chi connectivity index (χ4n) is 0.958. The van der Waals surface area contributed by atoms with Crippen molar-refractivity contribution in [1.82, 2.24) is 0 Å². The van der Waals surface area contributed by atoms with Gasteiger partial charge in [-0.3, -0.25) is 4.79 Å². The summed E-state index contributed by atoms with van der Waals surface area (Å²) in [7, 11) is 1.88.